The van der Waals surface area contributed by atoms with Crippen LogP contribution >= 0.6 is 11.3 Å². The van der Waals surface area contributed by atoms with E-state index in [2.05, 4.69) is 4.98 Å². The molecule has 90 valence electrons. The third kappa shape index (κ3) is 2.57. The van der Waals surface area contributed by atoms with Gasteiger partial charge in [0.25, 0.3) is 0 Å². The van der Waals surface area contributed by atoms with Crippen LogP contribution in [0.5, 0.6) is 5.75 Å². The molecule has 3 N–H and O–H groups in total. The summed E-state index contributed by atoms with van der Waals surface area (Å²) in [4.78, 5) is 4.14. The van der Waals surface area contributed by atoms with Crippen molar-refractivity contribution < 1.29 is 9.84 Å². The Morgan fingerprint density at radius 2 is 2.35 bits per heavy atom. The summed E-state index contributed by atoms with van der Waals surface area (Å²) in [7, 11) is 1.56. The van der Waals surface area contributed by atoms with Crippen LogP contribution in [0.4, 0.5) is 5.69 Å². The van der Waals surface area contributed by atoms with Crippen molar-refractivity contribution in [3.8, 4) is 5.75 Å². The van der Waals surface area contributed by atoms with Crippen molar-refractivity contribution in [2.24, 2.45) is 0 Å². The molecule has 1 heterocycles. The van der Waals surface area contributed by atoms with E-state index in [0.29, 0.717) is 23.4 Å². The van der Waals surface area contributed by atoms with Gasteiger partial charge in [-0.1, -0.05) is 12.1 Å². The number of aliphatic hydroxyl groups is 1. The fraction of sp³-hybridized carbons (Fsp3) is 0.250. The van der Waals surface area contributed by atoms with E-state index in [9.17, 15) is 5.11 Å². The fourth-order valence-corrected chi connectivity index (χ4v) is 2.31. The number of para-hydroxylation sites is 1. The summed E-state index contributed by atoms with van der Waals surface area (Å²) in [6, 6.07) is 5.39. The van der Waals surface area contributed by atoms with Crippen LogP contribution in [-0.4, -0.2) is 17.2 Å². The highest BCUT2D eigenvalue weighted by Gasteiger charge is 2.15. The van der Waals surface area contributed by atoms with Crippen LogP contribution in [-0.2, 0) is 6.42 Å². The van der Waals surface area contributed by atoms with Crippen LogP contribution in [0.3, 0.4) is 0 Å². The Labute approximate surface area is 104 Å². The van der Waals surface area contributed by atoms with E-state index in [0.717, 1.165) is 5.01 Å². The van der Waals surface area contributed by atoms with Crippen LogP contribution in [0.1, 0.15) is 16.7 Å². The van der Waals surface area contributed by atoms with Gasteiger partial charge >= 0.3 is 0 Å². The fourth-order valence-electron chi connectivity index (χ4n) is 1.66. The molecule has 1 aromatic carbocycles. The van der Waals surface area contributed by atoms with Crippen molar-refractivity contribution in [2.75, 3.05) is 12.8 Å². The van der Waals surface area contributed by atoms with Crippen LogP contribution in [0.2, 0.25) is 0 Å². The molecule has 17 heavy (non-hydrogen) atoms. The number of hydrogen-bond donors (Lipinski definition) is 2. The standard InChI is InChI=1S/C12H14N2O2S/c1-16-10-4-2-3-8(12(10)13)9(15)7-11-14-5-6-17-11/h2-6,9,15H,7,13H2,1H3. The van der Waals surface area contributed by atoms with E-state index in [4.69, 9.17) is 10.5 Å². The number of nitrogens with two attached hydrogens (primary N) is 1. The first-order valence-corrected chi connectivity index (χ1v) is 6.09. The van der Waals surface area contributed by atoms with Gasteiger partial charge in [0.05, 0.1) is 23.9 Å². The average Bonchev–Trinajstić information content (AvgIpc) is 2.82. The molecule has 0 aliphatic heterocycles. The second kappa shape index (κ2) is 5.16. The second-order valence-corrected chi connectivity index (χ2v) is 4.59. The topological polar surface area (TPSA) is 68.4 Å². The molecule has 2 aromatic rings. The highest BCUT2D eigenvalue weighted by molar-refractivity contribution is 7.09. The van der Waals surface area contributed by atoms with Crippen molar-refractivity contribution >= 4 is 17.0 Å². The van der Waals surface area contributed by atoms with Gasteiger partial charge in [-0.15, -0.1) is 11.3 Å². The van der Waals surface area contributed by atoms with Gasteiger partial charge in [0.2, 0.25) is 0 Å². The number of nitrogens with zero attached hydrogens (tertiary/aromatic N) is 1. The first-order chi connectivity index (χ1) is 8.22. The molecule has 0 saturated carbocycles. The Kier molecular flexibility index (Phi) is 3.61. The van der Waals surface area contributed by atoms with Crippen LogP contribution in [0, 0.1) is 0 Å². The Morgan fingerprint density at radius 1 is 1.53 bits per heavy atom. The van der Waals surface area contributed by atoms with Gasteiger partial charge in [0, 0.05) is 23.6 Å². The van der Waals surface area contributed by atoms with Gasteiger partial charge in [-0.05, 0) is 6.07 Å². The van der Waals surface area contributed by atoms with Gasteiger partial charge in [0.1, 0.15) is 5.75 Å². The van der Waals surface area contributed by atoms with Crippen molar-refractivity contribution in [3.05, 3.63) is 40.3 Å². The molecule has 0 aliphatic rings. The lowest BCUT2D eigenvalue weighted by Gasteiger charge is -2.14. The summed E-state index contributed by atoms with van der Waals surface area (Å²) in [6.07, 6.45) is 1.53. The van der Waals surface area contributed by atoms with Crippen LogP contribution < -0.4 is 10.5 Å². The Hall–Kier alpha value is -1.59. The monoisotopic (exact) mass is 250 g/mol. The maximum absolute atomic E-state index is 10.1. The van der Waals surface area contributed by atoms with E-state index in [-0.39, 0.29) is 0 Å². The lowest BCUT2D eigenvalue weighted by Crippen LogP contribution is -2.06. The number of aliphatic hydroxyl groups excluding tert-OH is 1. The predicted molar refractivity (Wildman–Crippen MR) is 68.2 cm³/mol. The smallest absolute Gasteiger partial charge is 0.142 e. The minimum Gasteiger partial charge on any atom is -0.495 e. The third-order valence-electron chi connectivity index (χ3n) is 2.53. The minimum absolute atomic E-state index is 0.467. The molecular weight excluding hydrogens is 236 g/mol. The van der Waals surface area contributed by atoms with Gasteiger partial charge in [-0.3, -0.25) is 0 Å². The number of nitrogen functional groups attached to an aromatic ring is 1. The highest BCUT2D eigenvalue weighted by atomic mass is 32.1. The summed E-state index contributed by atoms with van der Waals surface area (Å²) in [5.74, 6) is 0.584. The van der Waals surface area contributed by atoms with E-state index in [1.54, 1.807) is 25.4 Å². The molecule has 5 heteroatoms. The molecule has 0 fully saturated rings. The molecule has 4 nitrogen and oxygen atoms in total. The van der Waals surface area contributed by atoms with Gasteiger partial charge in [-0.25, -0.2) is 4.98 Å². The molecular formula is C12H14N2O2S. The number of methoxy groups -OCH3 is 1. The highest BCUT2D eigenvalue weighted by Crippen LogP contribution is 2.31. The number of ether oxygens (including phenoxy) is 1. The van der Waals surface area contributed by atoms with Crippen molar-refractivity contribution in [1.29, 1.82) is 0 Å². The molecule has 0 bridgehead atoms. The lowest BCUT2D eigenvalue weighted by atomic mass is 10.0. The average molecular weight is 250 g/mol. The number of aromatic nitrogens is 1. The first-order valence-electron chi connectivity index (χ1n) is 5.21. The van der Waals surface area contributed by atoms with E-state index in [1.807, 2.05) is 11.4 Å². The van der Waals surface area contributed by atoms with Crippen molar-refractivity contribution in [2.45, 2.75) is 12.5 Å². The zero-order valence-corrected chi connectivity index (χ0v) is 10.3. The van der Waals surface area contributed by atoms with Gasteiger partial charge in [0.15, 0.2) is 0 Å². The number of benzene rings is 1. The normalized spacial score (nSPS) is 12.4. The number of hydrogen-bond acceptors (Lipinski definition) is 5. The van der Waals surface area contributed by atoms with Crippen molar-refractivity contribution in [3.63, 3.8) is 0 Å². The maximum atomic E-state index is 10.1. The maximum Gasteiger partial charge on any atom is 0.142 e. The van der Waals surface area contributed by atoms with E-state index < -0.39 is 6.10 Å². The Morgan fingerprint density at radius 3 is 3.00 bits per heavy atom. The molecule has 1 aromatic heterocycles. The lowest BCUT2D eigenvalue weighted by molar-refractivity contribution is 0.179. The second-order valence-electron chi connectivity index (χ2n) is 3.61. The van der Waals surface area contributed by atoms with E-state index >= 15 is 0 Å². The molecule has 0 spiro atoms. The molecule has 1 unspecified atom stereocenters. The predicted octanol–water partition coefficient (Wildman–Crippen LogP) is 2.01. The quantitative estimate of drug-likeness (QED) is 0.814. The third-order valence-corrected chi connectivity index (χ3v) is 3.33. The molecule has 0 aliphatic carbocycles. The molecule has 1 atom stereocenters. The van der Waals surface area contributed by atoms with Gasteiger partial charge < -0.3 is 15.6 Å². The number of rotatable bonds is 4. The summed E-state index contributed by atoms with van der Waals surface area (Å²) in [5.41, 5.74) is 7.09. The first kappa shape index (κ1) is 11.9. The van der Waals surface area contributed by atoms with E-state index in [1.165, 1.54) is 11.3 Å². The van der Waals surface area contributed by atoms with Crippen molar-refractivity contribution in [1.82, 2.24) is 4.98 Å². The van der Waals surface area contributed by atoms with Gasteiger partial charge in [-0.2, -0.15) is 0 Å². The Bertz CT molecular complexity index is 485. The summed E-state index contributed by atoms with van der Waals surface area (Å²) in [5, 5.41) is 12.9. The summed E-state index contributed by atoms with van der Waals surface area (Å²) in [6.45, 7) is 0. The molecule has 0 radical (unpaired) electrons. The molecule has 2 rings (SSSR count). The number of anilines is 1. The molecule has 0 saturated heterocycles. The summed E-state index contributed by atoms with van der Waals surface area (Å²) < 4.78 is 5.12. The largest absolute Gasteiger partial charge is 0.495 e. The zero-order valence-electron chi connectivity index (χ0n) is 9.46. The molecule has 0 amide bonds. The Balaban J connectivity index is 2.22. The van der Waals surface area contributed by atoms with Crippen LogP contribution in [0.15, 0.2) is 29.8 Å². The number of thiazole rings is 1. The van der Waals surface area contributed by atoms with Crippen LogP contribution in [0.25, 0.3) is 0 Å². The zero-order chi connectivity index (χ0) is 12.3. The SMILES string of the molecule is COc1cccc(C(O)Cc2nccs2)c1N. The minimum atomic E-state index is -0.656. The summed E-state index contributed by atoms with van der Waals surface area (Å²) >= 11 is 1.52.